The Labute approximate surface area is 93.6 Å². The van der Waals surface area contributed by atoms with Crippen LogP contribution in [-0.4, -0.2) is 9.97 Å². The van der Waals surface area contributed by atoms with Crippen molar-refractivity contribution in [1.29, 1.82) is 5.26 Å². The predicted octanol–water partition coefficient (Wildman–Crippen LogP) is 2.29. The first-order chi connectivity index (χ1) is 7.88. The van der Waals surface area contributed by atoms with Crippen molar-refractivity contribution in [3.05, 3.63) is 48.3 Å². The van der Waals surface area contributed by atoms with E-state index in [1.807, 2.05) is 24.3 Å². The lowest BCUT2D eigenvalue weighted by Crippen LogP contribution is -1.95. The first-order valence-electron chi connectivity index (χ1n) is 4.88. The van der Waals surface area contributed by atoms with Gasteiger partial charge < -0.3 is 5.32 Å². The van der Waals surface area contributed by atoms with Crippen LogP contribution < -0.4 is 5.32 Å². The summed E-state index contributed by atoms with van der Waals surface area (Å²) in [5.74, 6) is 0.565. The maximum atomic E-state index is 8.54. The molecular formula is C12H10N4. The van der Waals surface area contributed by atoms with Crippen LogP contribution in [-0.2, 0) is 6.42 Å². The van der Waals surface area contributed by atoms with Crippen LogP contribution in [0.4, 0.5) is 11.6 Å². The third-order valence-corrected chi connectivity index (χ3v) is 2.06. The number of rotatable bonds is 3. The lowest BCUT2D eigenvalue weighted by Gasteiger charge is -2.04. The Bertz CT molecular complexity index is 485. The number of nitriles is 1. The second-order valence-corrected chi connectivity index (χ2v) is 3.23. The van der Waals surface area contributed by atoms with E-state index < -0.39 is 0 Å². The van der Waals surface area contributed by atoms with Crippen molar-refractivity contribution in [2.45, 2.75) is 6.42 Å². The average Bonchev–Trinajstić information content (AvgIpc) is 2.33. The molecule has 16 heavy (non-hydrogen) atoms. The van der Waals surface area contributed by atoms with E-state index in [0.717, 1.165) is 11.3 Å². The highest BCUT2D eigenvalue weighted by molar-refractivity contribution is 5.53. The second-order valence-electron chi connectivity index (χ2n) is 3.23. The van der Waals surface area contributed by atoms with Crippen molar-refractivity contribution >= 4 is 11.6 Å². The molecule has 0 unspecified atom stereocenters. The molecule has 0 saturated heterocycles. The van der Waals surface area contributed by atoms with Crippen LogP contribution in [0.1, 0.15) is 5.56 Å². The summed E-state index contributed by atoms with van der Waals surface area (Å²) in [6, 6.07) is 11.5. The molecule has 1 N–H and O–H groups in total. The zero-order chi connectivity index (χ0) is 11.2. The molecule has 0 saturated carbocycles. The Balaban J connectivity index is 2.09. The maximum absolute atomic E-state index is 8.54. The Morgan fingerprint density at radius 1 is 1.12 bits per heavy atom. The van der Waals surface area contributed by atoms with E-state index in [4.69, 9.17) is 5.26 Å². The molecular weight excluding hydrogens is 200 g/mol. The molecule has 0 radical (unpaired) electrons. The van der Waals surface area contributed by atoms with E-state index in [9.17, 15) is 0 Å². The molecule has 2 rings (SSSR count). The van der Waals surface area contributed by atoms with Gasteiger partial charge in [0.25, 0.3) is 0 Å². The van der Waals surface area contributed by atoms with Gasteiger partial charge in [0.2, 0.25) is 5.95 Å². The number of hydrogen-bond acceptors (Lipinski definition) is 4. The number of aromatic nitrogens is 2. The summed E-state index contributed by atoms with van der Waals surface area (Å²) in [5.41, 5.74) is 1.91. The van der Waals surface area contributed by atoms with Gasteiger partial charge in [-0.1, -0.05) is 12.1 Å². The molecule has 0 atom stereocenters. The monoisotopic (exact) mass is 210 g/mol. The normalized spacial score (nSPS) is 9.44. The Hall–Kier alpha value is -2.41. The minimum atomic E-state index is 0.433. The molecule has 4 nitrogen and oxygen atoms in total. The van der Waals surface area contributed by atoms with Crippen molar-refractivity contribution in [2.75, 3.05) is 5.32 Å². The summed E-state index contributed by atoms with van der Waals surface area (Å²) in [6.45, 7) is 0. The van der Waals surface area contributed by atoms with Crippen LogP contribution in [0, 0.1) is 11.3 Å². The van der Waals surface area contributed by atoms with Gasteiger partial charge in [-0.3, -0.25) is 0 Å². The third kappa shape index (κ3) is 2.55. The number of benzene rings is 1. The van der Waals surface area contributed by atoms with Crippen LogP contribution in [0.2, 0.25) is 0 Å². The van der Waals surface area contributed by atoms with Crippen LogP contribution in [0.25, 0.3) is 0 Å². The summed E-state index contributed by atoms with van der Waals surface area (Å²) in [5, 5.41) is 11.6. The first-order valence-corrected chi connectivity index (χ1v) is 4.88. The molecule has 1 aromatic carbocycles. The van der Waals surface area contributed by atoms with Crippen molar-refractivity contribution in [1.82, 2.24) is 9.97 Å². The van der Waals surface area contributed by atoms with Crippen molar-refractivity contribution in [3.63, 3.8) is 0 Å². The minimum absolute atomic E-state index is 0.433. The van der Waals surface area contributed by atoms with Gasteiger partial charge in [0.1, 0.15) is 0 Å². The first kappa shape index (κ1) is 10.1. The highest BCUT2D eigenvalue weighted by atomic mass is 15.1. The smallest absolute Gasteiger partial charge is 0.227 e. The summed E-state index contributed by atoms with van der Waals surface area (Å²) in [6.07, 6.45) is 3.79. The van der Waals surface area contributed by atoms with Gasteiger partial charge in [-0.2, -0.15) is 5.26 Å². The number of nitrogens with one attached hydrogen (secondary N) is 1. The van der Waals surface area contributed by atoms with E-state index >= 15 is 0 Å². The number of nitrogens with zero attached hydrogens (tertiary/aromatic N) is 3. The van der Waals surface area contributed by atoms with Gasteiger partial charge in [-0.15, -0.1) is 0 Å². The van der Waals surface area contributed by atoms with Crippen molar-refractivity contribution in [2.24, 2.45) is 0 Å². The fraction of sp³-hybridized carbons (Fsp3) is 0.0833. The van der Waals surface area contributed by atoms with Gasteiger partial charge in [0.05, 0.1) is 12.5 Å². The lowest BCUT2D eigenvalue weighted by molar-refractivity contribution is 1.16. The van der Waals surface area contributed by atoms with E-state index in [2.05, 4.69) is 21.4 Å². The zero-order valence-electron chi connectivity index (χ0n) is 8.59. The highest BCUT2D eigenvalue weighted by Crippen LogP contribution is 2.13. The Morgan fingerprint density at radius 3 is 2.44 bits per heavy atom. The average molecular weight is 210 g/mol. The van der Waals surface area contributed by atoms with E-state index in [1.165, 1.54) is 0 Å². The van der Waals surface area contributed by atoms with Crippen LogP contribution >= 0.6 is 0 Å². The highest BCUT2D eigenvalue weighted by Gasteiger charge is 1.96. The van der Waals surface area contributed by atoms with Crippen LogP contribution in [0.5, 0.6) is 0 Å². The molecule has 0 aliphatic rings. The molecule has 78 valence electrons. The number of anilines is 2. The van der Waals surface area contributed by atoms with Gasteiger partial charge >= 0.3 is 0 Å². The molecule has 0 aliphatic heterocycles. The molecule has 1 heterocycles. The van der Waals surface area contributed by atoms with Crippen molar-refractivity contribution < 1.29 is 0 Å². The van der Waals surface area contributed by atoms with E-state index in [0.29, 0.717) is 12.4 Å². The van der Waals surface area contributed by atoms with Gasteiger partial charge in [0, 0.05) is 18.1 Å². The lowest BCUT2D eigenvalue weighted by atomic mass is 10.1. The fourth-order valence-corrected chi connectivity index (χ4v) is 1.29. The summed E-state index contributed by atoms with van der Waals surface area (Å²) >= 11 is 0. The fourth-order valence-electron chi connectivity index (χ4n) is 1.29. The Morgan fingerprint density at radius 2 is 1.81 bits per heavy atom. The van der Waals surface area contributed by atoms with Gasteiger partial charge in [-0.25, -0.2) is 9.97 Å². The van der Waals surface area contributed by atoms with Crippen LogP contribution in [0.15, 0.2) is 42.7 Å². The predicted molar refractivity (Wildman–Crippen MR) is 61.1 cm³/mol. The molecule has 4 heteroatoms. The largest absolute Gasteiger partial charge is 0.324 e. The third-order valence-electron chi connectivity index (χ3n) is 2.06. The molecule has 0 bridgehead atoms. The SMILES string of the molecule is N#CCc1ccc(Nc2ncccn2)cc1. The summed E-state index contributed by atoms with van der Waals surface area (Å²) in [7, 11) is 0. The Kier molecular flexibility index (Phi) is 3.10. The van der Waals surface area contributed by atoms with E-state index in [1.54, 1.807) is 18.5 Å². The second kappa shape index (κ2) is 4.89. The van der Waals surface area contributed by atoms with Crippen molar-refractivity contribution in [3.8, 4) is 6.07 Å². The molecule has 0 spiro atoms. The minimum Gasteiger partial charge on any atom is -0.324 e. The van der Waals surface area contributed by atoms with Crippen LogP contribution in [0.3, 0.4) is 0 Å². The zero-order valence-corrected chi connectivity index (χ0v) is 8.59. The van der Waals surface area contributed by atoms with Gasteiger partial charge in [0.15, 0.2) is 0 Å². The molecule has 0 amide bonds. The molecule has 2 aromatic rings. The molecule has 0 aliphatic carbocycles. The standard InChI is InChI=1S/C12H10N4/c13-7-6-10-2-4-11(5-3-10)16-12-14-8-1-9-15-12/h1-5,8-9H,6H2,(H,14,15,16). The molecule has 1 aromatic heterocycles. The topological polar surface area (TPSA) is 61.6 Å². The molecule has 0 fully saturated rings. The van der Waals surface area contributed by atoms with E-state index in [-0.39, 0.29) is 0 Å². The summed E-state index contributed by atoms with van der Waals surface area (Å²) < 4.78 is 0. The summed E-state index contributed by atoms with van der Waals surface area (Å²) in [4.78, 5) is 8.12. The quantitative estimate of drug-likeness (QED) is 0.844. The van der Waals surface area contributed by atoms with Gasteiger partial charge in [-0.05, 0) is 23.8 Å². The maximum Gasteiger partial charge on any atom is 0.227 e. The number of hydrogen-bond donors (Lipinski definition) is 1.